The van der Waals surface area contributed by atoms with Gasteiger partial charge in [-0.25, -0.2) is 15.0 Å². The third-order valence-electron chi connectivity index (χ3n) is 4.85. The number of alkyl halides is 3. The van der Waals surface area contributed by atoms with E-state index in [0.29, 0.717) is 21.9 Å². The minimum Gasteiger partial charge on any atom is -0.507 e. The fraction of sp³-hybridized carbons (Fsp3) is 0.174. The fourth-order valence-electron chi connectivity index (χ4n) is 3.38. The van der Waals surface area contributed by atoms with Crippen molar-refractivity contribution in [3.8, 4) is 45.4 Å². The number of thiazole rings is 1. The number of aryl methyl sites for hydroxylation is 2. The zero-order valence-electron chi connectivity index (χ0n) is 17.4. The predicted molar refractivity (Wildman–Crippen MR) is 117 cm³/mol. The average Bonchev–Trinajstić information content (AvgIpc) is 3.20. The number of nitrogens with zero attached hydrogens (tertiary/aromatic N) is 3. The van der Waals surface area contributed by atoms with E-state index in [2.05, 4.69) is 15.0 Å². The van der Waals surface area contributed by atoms with Gasteiger partial charge in [0.15, 0.2) is 11.5 Å². The number of aromatic hydroxyl groups is 1. The van der Waals surface area contributed by atoms with Crippen molar-refractivity contribution in [2.24, 2.45) is 0 Å². The molecule has 0 saturated carbocycles. The molecule has 0 spiro atoms. The molecule has 4 aromatic rings. The molecule has 0 aliphatic heterocycles. The third-order valence-corrected chi connectivity index (χ3v) is 5.63. The minimum absolute atomic E-state index is 0.0558. The summed E-state index contributed by atoms with van der Waals surface area (Å²) < 4.78 is 47.9. The molecule has 4 rings (SSSR count). The van der Waals surface area contributed by atoms with Gasteiger partial charge in [-0.3, -0.25) is 0 Å². The number of rotatable bonds is 4. The first-order valence-corrected chi connectivity index (χ1v) is 10.4. The highest BCUT2D eigenvalue weighted by atomic mass is 32.1. The molecule has 1 N–H and O–H groups in total. The van der Waals surface area contributed by atoms with Crippen LogP contribution >= 0.6 is 11.3 Å². The van der Waals surface area contributed by atoms with Gasteiger partial charge >= 0.3 is 6.18 Å². The van der Waals surface area contributed by atoms with Crippen LogP contribution in [0.15, 0.2) is 47.8 Å². The lowest BCUT2D eigenvalue weighted by molar-refractivity contribution is -0.140. The van der Waals surface area contributed by atoms with Crippen molar-refractivity contribution < 1.29 is 23.0 Å². The van der Waals surface area contributed by atoms with E-state index in [1.165, 1.54) is 29.9 Å². The van der Waals surface area contributed by atoms with Gasteiger partial charge in [-0.2, -0.15) is 13.2 Å². The number of phenols is 1. The fourth-order valence-corrected chi connectivity index (χ4v) is 3.99. The number of phenolic OH excluding ortho intramolecular Hbond substituents is 1. The zero-order chi connectivity index (χ0) is 23.0. The van der Waals surface area contributed by atoms with Crippen LogP contribution in [-0.4, -0.2) is 27.2 Å². The van der Waals surface area contributed by atoms with Gasteiger partial charge in [-0.1, -0.05) is 30.3 Å². The number of ether oxygens (including phenoxy) is 1. The number of hydrogen-bond donors (Lipinski definition) is 1. The summed E-state index contributed by atoms with van der Waals surface area (Å²) in [5.74, 6) is 0.0497. The van der Waals surface area contributed by atoms with Crippen LogP contribution in [0.3, 0.4) is 0 Å². The van der Waals surface area contributed by atoms with E-state index in [1.807, 2.05) is 0 Å². The maximum Gasteiger partial charge on any atom is 0.434 e. The highest BCUT2D eigenvalue weighted by Gasteiger charge is 2.39. The molecule has 2 heterocycles. The van der Waals surface area contributed by atoms with Gasteiger partial charge in [0.1, 0.15) is 11.5 Å². The van der Waals surface area contributed by atoms with Crippen LogP contribution in [0.1, 0.15) is 16.3 Å². The van der Waals surface area contributed by atoms with Crippen molar-refractivity contribution in [3.05, 3.63) is 64.1 Å². The number of halogens is 3. The summed E-state index contributed by atoms with van der Waals surface area (Å²) >= 11 is 1.22. The summed E-state index contributed by atoms with van der Waals surface area (Å²) in [6, 6.07) is 11.3. The molecule has 0 radical (unpaired) electrons. The Hall–Kier alpha value is -3.46. The van der Waals surface area contributed by atoms with E-state index in [0.717, 1.165) is 0 Å². The molecule has 0 amide bonds. The zero-order valence-corrected chi connectivity index (χ0v) is 18.2. The van der Waals surface area contributed by atoms with Crippen LogP contribution in [0.2, 0.25) is 0 Å². The average molecular weight is 457 g/mol. The third kappa shape index (κ3) is 4.03. The summed E-state index contributed by atoms with van der Waals surface area (Å²) in [7, 11) is 1.45. The molecule has 164 valence electrons. The molecular weight excluding hydrogens is 439 g/mol. The van der Waals surface area contributed by atoms with Crippen LogP contribution < -0.4 is 4.74 Å². The van der Waals surface area contributed by atoms with Crippen LogP contribution in [0.5, 0.6) is 11.5 Å². The van der Waals surface area contributed by atoms with E-state index in [9.17, 15) is 18.3 Å². The maximum absolute atomic E-state index is 14.2. The molecule has 0 bridgehead atoms. The highest BCUT2D eigenvalue weighted by molar-refractivity contribution is 7.09. The molecule has 0 aliphatic carbocycles. The number of aromatic nitrogens is 3. The van der Waals surface area contributed by atoms with Crippen LogP contribution in [-0.2, 0) is 6.18 Å². The summed E-state index contributed by atoms with van der Waals surface area (Å²) in [6.07, 6.45) is -4.77. The molecule has 0 fully saturated rings. The highest BCUT2D eigenvalue weighted by Crippen LogP contribution is 2.45. The molecule has 5 nitrogen and oxygen atoms in total. The number of hydrogen-bond acceptors (Lipinski definition) is 6. The molecule has 32 heavy (non-hydrogen) atoms. The van der Waals surface area contributed by atoms with Crippen LogP contribution in [0.25, 0.3) is 33.9 Å². The quantitative estimate of drug-likeness (QED) is 0.390. The van der Waals surface area contributed by atoms with Gasteiger partial charge in [0.05, 0.1) is 29.1 Å². The topological polar surface area (TPSA) is 68.1 Å². The Morgan fingerprint density at radius 1 is 1.00 bits per heavy atom. The van der Waals surface area contributed by atoms with E-state index >= 15 is 0 Å². The Morgan fingerprint density at radius 2 is 1.72 bits per heavy atom. The second kappa shape index (κ2) is 8.23. The Bertz CT molecular complexity index is 1290. The van der Waals surface area contributed by atoms with Gasteiger partial charge < -0.3 is 9.84 Å². The Labute approximate surface area is 186 Å². The smallest absolute Gasteiger partial charge is 0.434 e. The van der Waals surface area contributed by atoms with E-state index < -0.39 is 11.9 Å². The monoisotopic (exact) mass is 457 g/mol. The molecule has 0 atom stereocenters. The van der Waals surface area contributed by atoms with Gasteiger partial charge in [-0.15, -0.1) is 11.3 Å². The Kier molecular flexibility index (Phi) is 5.60. The maximum atomic E-state index is 14.2. The molecule has 9 heteroatoms. The lowest BCUT2D eigenvalue weighted by Crippen LogP contribution is -2.14. The van der Waals surface area contributed by atoms with Crippen molar-refractivity contribution in [2.45, 2.75) is 20.0 Å². The van der Waals surface area contributed by atoms with Crippen molar-refractivity contribution in [2.75, 3.05) is 7.11 Å². The molecule has 0 aliphatic rings. The van der Waals surface area contributed by atoms with E-state index in [-0.39, 0.29) is 34.1 Å². The Balaban J connectivity index is 2.12. The lowest BCUT2D eigenvalue weighted by atomic mass is 9.98. The minimum atomic E-state index is -4.77. The second-order valence-electron chi connectivity index (χ2n) is 7.07. The van der Waals surface area contributed by atoms with Crippen molar-refractivity contribution >= 4 is 11.3 Å². The first-order valence-electron chi connectivity index (χ1n) is 9.54. The van der Waals surface area contributed by atoms with Crippen LogP contribution in [0, 0.1) is 13.8 Å². The first-order chi connectivity index (χ1) is 15.2. The van der Waals surface area contributed by atoms with E-state index in [4.69, 9.17) is 4.74 Å². The standard InChI is InChI=1S/C23H18F3N3O2S/c1-12-9-15(17(30)10-18(12)31-3)20-19(16-11-32-13(2)27-16)21(23(24,25)26)29-22(28-20)14-7-5-4-6-8-14/h4-11,30H,1-3H3. The van der Waals surface area contributed by atoms with Crippen molar-refractivity contribution in [1.29, 1.82) is 0 Å². The van der Waals surface area contributed by atoms with Gasteiger partial charge in [-0.05, 0) is 25.5 Å². The largest absolute Gasteiger partial charge is 0.507 e. The number of methoxy groups -OCH3 is 1. The number of benzene rings is 2. The first kappa shape index (κ1) is 21.8. The SMILES string of the molecule is COc1cc(O)c(-c2nc(-c3ccccc3)nc(C(F)(F)F)c2-c2csc(C)n2)cc1C. The molecule has 0 saturated heterocycles. The summed E-state index contributed by atoms with van der Waals surface area (Å²) in [6.45, 7) is 3.44. The van der Waals surface area contributed by atoms with E-state index in [1.54, 1.807) is 50.2 Å². The second-order valence-corrected chi connectivity index (χ2v) is 8.14. The van der Waals surface area contributed by atoms with Gasteiger partial charge in [0, 0.05) is 22.6 Å². The molecule has 0 unspecified atom stereocenters. The van der Waals surface area contributed by atoms with Gasteiger partial charge in [0.2, 0.25) is 0 Å². The molecular formula is C23H18F3N3O2S. The normalized spacial score (nSPS) is 11.6. The Morgan fingerprint density at radius 3 is 2.31 bits per heavy atom. The van der Waals surface area contributed by atoms with Crippen molar-refractivity contribution in [3.63, 3.8) is 0 Å². The summed E-state index contributed by atoms with van der Waals surface area (Å²) in [5, 5.41) is 12.8. The molecule has 2 aromatic carbocycles. The van der Waals surface area contributed by atoms with Crippen LogP contribution in [0.4, 0.5) is 13.2 Å². The predicted octanol–water partition coefficient (Wildman–Crippen LogP) is 6.28. The lowest BCUT2D eigenvalue weighted by Gasteiger charge is -2.18. The summed E-state index contributed by atoms with van der Waals surface area (Å²) in [5.41, 5.74) is -0.156. The molecule has 2 aromatic heterocycles. The van der Waals surface area contributed by atoms with Crippen molar-refractivity contribution in [1.82, 2.24) is 15.0 Å². The van der Waals surface area contributed by atoms with Gasteiger partial charge in [0.25, 0.3) is 0 Å². The summed E-state index contributed by atoms with van der Waals surface area (Å²) in [4.78, 5) is 12.6.